The van der Waals surface area contributed by atoms with Crippen molar-refractivity contribution in [2.45, 2.75) is 26.2 Å². The molecule has 0 aromatic heterocycles. The van der Waals surface area contributed by atoms with Gasteiger partial charge in [-0.2, -0.15) is 0 Å². The van der Waals surface area contributed by atoms with Crippen molar-refractivity contribution in [2.75, 3.05) is 26.8 Å². The quantitative estimate of drug-likeness (QED) is 0.669. The van der Waals surface area contributed by atoms with Gasteiger partial charge in [0, 0.05) is 20.3 Å². The first-order valence-electron chi connectivity index (χ1n) is 4.46. The van der Waals surface area contributed by atoms with Crippen molar-refractivity contribution in [3.05, 3.63) is 0 Å². The van der Waals surface area contributed by atoms with E-state index in [2.05, 4.69) is 12.2 Å². The van der Waals surface area contributed by atoms with E-state index in [1.54, 1.807) is 7.11 Å². The molecule has 0 aliphatic carbocycles. The Balaban J connectivity index is 2.25. The van der Waals surface area contributed by atoms with E-state index in [0.29, 0.717) is 5.41 Å². The predicted octanol–water partition coefficient (Wildman–Crippen LogP) is 1.41. The van der Waals surface area contributed by atoms with Crippen LogP contribution in [0.2, 0.25) is 0 Å². The second kappa shape index (κ2) is 4.07. The molecule has 0 aromatic rings. The van der Waals surface area contributed by atoms with E-state index >= 15 is 0 Å². The van der Waals surface area contributed by atoms with Crippen LogP contribution in [-0.4, -0.2) is 26.8 Å². The van der Waals surface area contributed by atoms with Gasteiger partial charge in [0.05, 0.1) is 0 Å². The van der Waals surface area contributed by atoms with Gasteiger partial charge in [0.2, 0.25) is 0 Å². The fourth-order valence-electron chi connectivity index (χ4n) is 1.68. The highest BCUT2D eigenvalue weighted by molar-refractivity contribution is 4.80. The van der Waals surface area contributed by atoms with Crippen LogP contribution in [0.3, 0.4) is 0 Å². The number of hydrogen-bond acceptors (Lipinski definition) is 2. The zero-order valence-electron chi connectivity index (χ0n) is 7.65. The molecule has 1 rings (SSSR count). The summed E-state index contributed by atoms with van der Waals surface area (Å²) in [5.74, 6) is 0. The van der Waals surface area contributed by atoms with Crippen LogP contribution in [0.4, 0.5) is 0 Å². The van der Waals surface area contributed by atoms with E-state index in [1.807, 2.05) is 0 Å². The molecule has 1 aliphatic heterocycles. The summed E-state index contributed by atoms with van der Waals surface area (Å²) >= 11 is 0. The number of hydrogen-bond donors (Lipinski definition) is 1. The van der Waals surface area contributed by atoms with Crippen LogP contribution in [0.1, 0.15) is 26.2 Å². The summed E-state index contributed by atoms with van der Waals surface area (Å²) in [5.41, 5.74) is 0.494. The van der Waals surface area contributed by atoms with Crippen LogP contribution in [0.5, 0.6) is 0 Å². The standard InChI is InChI=1S/C9H19NO/c1-9(5-7-11-2)4-3-6-10-8-9/h10H,3-8H2,1-2H3. The zero-order valence-corrected chi connectivity index (χ0v) is 7.65. The SMILES string of the molecule is COCCC1(C)CCCNC1. The maximum Gasteiger partial charge on any atom is 0.0467 e. The van der Waals surface area contributed by atoms with Crippen LogP contribution in [0, 0.1) is 5.41 Å². The van der Waals surface area contributed by atoms with Gasteiger partial charge in [-0.25, -0.2) is 0 Å². The molecular weight excluding hydrogens is 138 g/mol. The van der Waals surface area contributed by atoms with Crippen molar-refractivity contribution in [3.63, 3.8) is 0 Å². The molecule has 11 heavy (non-hydrogen) atoms. The Morgan fingerprint density at radius 2 is 2.36 bits per heavy atom. The molecule has 0 saturated carbocycles. The Morgan fingerprint density at radius 3 is 2.91 bits per heavy atom. The lowest BCUT2D eigenvalue weighted by molar-refractivity contribution is 0.125. The summed E-state index contributed by atoms with van der Waals surface area (Å²) in [6, 6.07) is 0. The maximum atomic E-state index is 5.08. The van der Waals surface area contributed by atoms with Crippen molar-refractivity contribution < 1.29 is 4.74 Å². The van der Waals surface area contributed by atoms with Crippen LogP contribution in [0.25, 0.3) is 0 Å². The molecule has 0 spiro atoms. The van der Waals surface area contributed by atoms with E-state index < -0.39 is 0 Å². The minimum Gasteiger partial charge on any atom is -0.385 e. The Bertz CT molecular complexity index is 108. The fraction of sp³-hybridized carbons (Fsp3) is 1.00. The zero-order chi connectivity index (χ0) is 8.16. The second-order valence-corrected chi connectivity index (χ2v) is 3.83. The fourth-order valence-corrected chi connectivity index (χ4v) is 1.68. The predicted molar refractivity (Wildman–Crippen MR) is 46.7 cm³/mol. The first kappa shape index (κ1) is 9.01. The lowest BCUT2D eigenvalue weighted by atomic mass is 9.80. The van der Waals surface area contributed by atoms with E-state index in [1.165, 1.54) is 25.8 Å². The Morgan fingerprint density at radius 1 is 1.55 bits per heavy atom. The van der Waals surface area contributed by atoms with Gasteiger partial charge >= 0.3 is 0 Å². The molecule has 66 valence electrons. The number of nitrogens with one attached hydrogen (secondary N) is 1. The lowest BCUT2D eigenvalue weighted by Gasteiger charge is -2.33. The molecule has 0 aromatic carbocycles. The molecule has 1 aliphatic rings. The van der Waals surface area contributed by atoms with Crippen LogP contribution >= 0.6 is 0 Å². The van der Waals surface area contributed by atoms with Gasteiger partial charge in [0.25, 0.3) is 0 Å². The highest BCUT2D eigenvalue weighted by Gasteiger charge is 2.25. The van der Waals surface area contributed by atoms with E-state index in [9.17, 15) is 0 Å². The van der Waals surface area contributed by atoms with Crippen molar-refractivity contribution in [1.29, 1.82) is 0 Å². The second-order valence-electron chi connectivity index (χ2n) is 3.83. The van der Waals surface area contributed by atoms with Crippen molar-refractivity contribution in [1.82, 2.24) is 5.32 Å². The van der Waals surface area contributed by atoms with Crippen LogP contribution < -0.4 is 5.32 Å². The van der Waals surface area contributed by atoms with Gasteiger partial charge in [-0.05, 0) is 31.2 Å². The largest absolute Gasteiger partial charge is 0.385 e. The molecule has 2 nitrogen and oxygen atoms in total. The molecule has 1 atom stereocenters. The third kappa shape index (κ3) is 2.80. The third-order valence-electron chi connectivity index (χ3n) is 2.60. The van der Waals surface area contributed by atoms with Crippen molar-refractivity contribution >= 4 is 0 Å². The molecule has 0 bridgehead atoms. The van der Waals surface area contributed by atoms with E-state index in [4.69, 9.17) is 4.74 Å². The lowest BCUT2D eigenvalue weighted by Crippen LogP contribution is -2.38. The van der Waals surface area contributed by atoms with Gasteiger partial charge in [0.15, 0.2) is 0 Å². The van der Waals surface area contributed by atoms with Gasteiger partial charge in [0.1, 0.15) is 0 Å². The van der Waals surface area contributed by atoms with E-state index in [0.717, 1.165) is 13.2 Å². The topological polar surface area (TPSA) is 21.3 Å². The Kier molecular flexibility index (Phi) is 3.34. The van der Waals surface area contributed by atoms with Crippen molar-refractivity contribution in [3.8, 4) is 0 Å². The summed E-state index contributed by atoms with van der Waals surface area (Å²) in [4.78, 5) is 0. The highest BCUT2D eigenvalue weighted by atomic mass is 16.5. The Hall–Kier alpha value is -0.0800. The van der Waals surface area contributed by atoms with Crippen LogP contribution in [0.15, 0.2) is 0 Å². The average Bonchev–Trinajstić information content (AvgIpc) is 2.03. The minimum atomic E-state index is 0.494. The molecule has 1 N–H and O–H groups in total. The average molecular weight is 157 g/mol. The molecule has 1 heterocycles. The molecule has 0 amide bonds. The van der Waals surface area contributed by atoms with Gasteiger partial charge < -0.3 is 10.1 Å². The van der Waals surface area contributed by atoms with Crippen LogP contribution in [-0.2, 0) is 4.74 Å². The minimum absolute atomic E-state index is 0.494. The number of piperidine rings is 1. The highest BCUT2D eigenvalue weighted by Crippen LogP contribution is 2.28. The molecular formula is C9H19NO. The third-order valence-corrected chi connectivity index (χ3v) is 2.60. The summed E-state index contributed by atoms with van der Waals surface area (Å²) in [7, 11) is 1.78. The summed E-state index contributed by atoms with van der Waals surface area (Å²) in [5, 5.41) is 3.43. The maximum absolute atomic E-state index is 5.08. The summed E-state index contributed by atoms with van der Waals surface area (Å²) < 4.78 is 5.08. The monoisotopic (exact) mass is 157 g/mol. The summed E-state index contributed by atoms with van der Waals surface area (Å²) in [6.07, 6.45) is 3.86. The first-order valence-corrected chi connectivity index (χ1v) is 4.46. The van der Waals surface area contributed by atoms with Crippen molar-refractivity contribution in [2.24, 2.45) is 5.41 Å². The first-order chi connectivity index (χ1) is 5.27. The smallest absolute Gasteiger partial charge is 0.0467 e. The van der Waals surface area contributed by atoms with E-state index in [-0.39, 0.29) is 0 Å². The van der Waals surface area contributed by atoms with Gasteiger partial charge in [-0.15, -0.1) is 0 Å². The number of rotatable bonds is 3. The molecule has 1 fully saturated rings. The molecule has 0 radical (unpaired) electrons. The molecule has 1 unspecified atom stereocenters. The number of ether oxygens (including phenoxy) is 1. The Labute approximate surface area is 69.3 Å². The molecule has 2 heteroatoms. The van der Waals surface area contributed by atoms with Gasteiger partial charge in [-0.3, -0.25) is 0 Å². The molecule has 1 saturated heterocycles. The number of methoxy groups -OCH3 is 1. The normalized spacial score (nSPS) is 32.2. The summed E-state index contributed by atoms with van der Waals surface area (Å²) in [6.45, 7) is 5.61. The van der Waals surface area contributed by atoms with Gasteiger partial charge in [-0.1, -0.05) is 6.92 Å².